The number of nitrogens with two attached hydrogens (primary N) is 1. The zero-order chi connectivity index (χ0) is 11.7. The molecular weight excluding hydrogens is 198 g/mol. The van der Waals surface area contributed by atoms with Gasteiger partial charge in [-0.1, -0.05) is 19.9 Å². The van der Waals surface area contributed by atoms with Crippen molar-refractivity contribution < 1.29 is 0 Å². The summed E-state index contributed by atoms with van der Waals surface area (Å²) in [5.74, 6) is 0.439. The van der Waals surface area contributed by atoms with Crippen LogP contribution in [0.15, 0.2) is 24.4 Å². The van der Waals surface area contributed by atoms with Gasteiger partial charge in [0.2, 0.25) is 0 Å². The molecule has 0 saturated carbocycles. The molecule has 2 rings (SSSR count). The molecule has 0 aliphatic heterocycles. The molecule has 1 aromatic carbocycles. The maximum atomic E-state index is 8.89. The fraction of sp³-hybridized carbons (Fsp3) is 0.231. The highest BCUT2D eigenvalue weighted by Crippen LogP contribution is 2.26. The molecule has 0 aliphatic carbocycles. The van der Waals surface area contributed by atoms with E-state index in [1.807, 2.05) is 24.3 Å². The first-order valence-corrected chi connectivity index (χ1v) is 5.21. The van der Waals surface area contributed by atoms with Crippen LogP contribution >= 0.6 is 0 Å². The summed E-state index contributed by atoms with van der Waals surface area (Å²) in [6.45, 7) is 4.25. The molecule has 0 bridgehead atoms. The van der Waals surface area contributed by atoms with Gasteiger partial charge in [-0.25, -0.2) is 0 Å². The zero-order valence-electron chi connectivity index (χ0n) is 9.36. The number of pyridine rings is 1. The Labute approximate surface area is 94.5 Å². The van der Waals surface area contributed by atoms with Crippen molar-refractivity contribution >= 4 is 16.6 Å². The Balaban J connectivity index is 2.75. The summed E-state index contributed by atoms with van der Waals surface area (Å²) in [6.07, 6.45) is 1.52. The maximum Gasteiger partial charge on any atom is 0.103 e. The van der Waals surface area contributed by atoms with Gasteiger partial charge >= 0.3 is 0 Å². The van der Waals surface area contributed by atoms with Gasteiger partial charge in [0.25, 0.3) is 0 Å². The number of nitrogen functional groups attached to an aromatic ring is 1. The van der Waals surface area contributed by atoms with E-state index in [1.54, 1.807) is 0 Å². The average molecular weight is 211 g/mol. The van der Waals surface area contributed by atoms with E-state index in [-0.39, 0.29) is 0 Å². The van der Waals surface area contributed by atoms with Gasteiger partial charge < -0.3 is 5.73 Å². The van der Waals surface area contributed by atoms with Gasteiger partial charge in [-0.15, -0.1) is 0 Å². The minimum absolute atomic E-state index is 0.438. The Kier molecular flexibility index (Phi) is 2.49. The number of benzene rings is 1. The van der Waals surface area contributed by atoms with Gasteiger partial charge in [0.15, 0.2) is 0 Å². The second-order valence-corrected chi connectivity index (χ2v) is 4.13. The van der Waals surface area contributed by atoms with Gasteiger partial charge in [-0.05, 0) is 23.6 Å². The van der Waals surface area contributed by atoms with Crippen LogP contribution in [0.3, 0.4) is 0 Å². The topological polar surface area (TPSA) is 62.7 Å². The van der Waals surface area contributed by atoms with Crippen molar-refractivity contribution in [3.05, 3.63) is 35.5 Å². The summed E-state index contributed by atoms with van der Waals surface area (Å²) in [5.41, 5.74) is 8.94. The van der Waals surface area contributed by atoms with E-state index in [1.165, 1.54) is 11.8 Å². The number of rotatable bonds is 1. The molecule has 3 nitrogen and oxygen atoms in total. The Bertz CT molecular complexity index is 579. The van der Waals surface area contributed by atoms with Crippen LogP contribution in [0.1, 0.15) is 30.9 Å². The summed E-state index contributed by atoms with van der Waals surface area (Å²) >= 11 is 0. The Morgan fingerprint density at radius 1 is 1.38 bits per heavy atom. The molecule has 0 atom stereocenters. The lowest BCUT2D eigenvalue weighted by atomic mass is 10.00. The van der Waals surface area contributed by atoms with Crippen LogP contribution in [0.4, 0.5) is 5.69 Å². The van der Waals surface area contributed by atoms with Crippen LogP contribution in [-0.4, -0.2) is 4.98 Å². The fourth-order valence-corrected chi connectivity index (χ4v) is 1.68. The molecule has 0 aliphatic rings. The van der Waals surface area contributed by atoms with Gasteiger partial charge in [-0.2, -0.15) is 5.26 Å². The van der Waals surface area contributed by atoms with Crippen molar-refractivity contribution in [2.24, 2.45) is 0 Å². The highest BCUT2D eigenvalue weighted by atomic mass is 14.7. The van der Waals surface area contributed by atoms with E-state index in [4.69, 9.17) is 11.0 Å². The van der Waals surface area contributed by atoms with Crippen LogP contribution in [0, 0.1) is 11.3 Å². The number of nitrogens with zero attached hydrogens (tertiary/aromatic N) is 2. The normalized spacial score (nSPS) is 10.6. The minimum atomic E-state index is 0.438. The van der Waals surface area contributed by atoms with Crippen LogP contribution < -0.4 is 5.73 Å². The van der Waals surface area contributed by atoms with Gasteiger partial charge in [0.05, 0.1) is 16.8 Å². The Morgan fingerprint density at radius 2 is 2.12 bits per heavy atom. The standard InChI is InChI=1S/C13H13N3/c1-8(2)9-3-4-12-11(5-9)13(15)10(6-14)7-16-12/h3-5,7-8H,1-2H3,(H2,15,16). The van der Waals surface area contributed by atoms with E-state index >= 15 is 0 Å². The number of hydrogen-bond donors (Lipinski definition) is 1. The zero-order valence-corrected chi connectivity index (χ0v) is 9.36. The molecule has 0 amide bonds. The van der Waals surface area contributed by atoms with Crippen LogP contribution in [0.2, 0.25) is 0 Å². The lowest BCUT2D eigenvalue weighted by Gasteiger charge is -2.08. The first-order chi connectivity index (χ1) is 7.63. The smallest absolute Gasteiger partial charge is 0.103 e. The number of nitriles is 1. The van der Waals surface area contributed by atoms with Crippen LogP contribution in [0.25, 0.3) is 10.9 Å². The quantitative estimate of drug-likeness (QED) is 0.788. The largest absolute Gasteiger partial charge is 0.397 e. The van der Waals surface area contributed by atoms with E-state index in [2.05, 4.69) is 18.8 Å². The molecule has 0 saturated heterocycles. The number of fused-ring (bicyclic) bond motifs is 1. The fourth-order valence-electron chi connectivity index (χ4n) is 1.68. The van der Waals surface area contributed by atoms with Crippen molar-refractivity contribution in [3.63, 3.8) is 0 Å². The summed E-state index contributed by atoms with van der Waals surface area (Å²) in [7, 11) is 0. The number of hydrogen-bond acceptors (Lipinski definition) is 3. The molecule has 80 valence electrons. The Hall–Kier alpha value is -2.08. The van der Waals surface area contributed by atoms with E-state index < -0.39 is 0 Å². The van der Waals surface area contributed by atoms with Crippen molar-refractivity contribution in [1.82, 2.24) is 4.98 Å². The average Bonchev–Trinajstić information content (AvgIpc) is 2.29. The van der Waals surface area contributed by atoms with Gasteiger partial charge in [0.1, 0.15) is 6.07 Å². The molecular formula is C13H13N3. The number of anilines is 1. The Morgan fingerprint density at radius 3 is 2.75 bits per heavy atom. The van der Waals surface area contributed by atoms with E-state index in [0.717, 1.165) is 10.9 Å². The maximum absolute atomic E-state index is 8.89. The second kappa shape index (κ2) is 3.82. The summed E-state index contributed by atoms with van der Waals surface area (Å²) < 4.78 is 0. The van der Waals surface area contributed by atoms with Crippen molar-refractivity contribution in [1.29, 1.82) is 5.26 Å². The van der Waals surface area contributed by atoms with Gasteiger partial charge in [-0.3, -0.25) is 4.98 Å². The third kappa shape index (κ3) is 1.59. The third-order valence-electron chi connectivity index (χ3n) is 2.72. The molecule has 0 radical (unpaired) electrons. The molecule has 2 N–H and O–H groups in total. The third-order valence-corrected chi connectivity index (χ3v) is 2.72. The summed E-state index contributed by atoms with van der Waals surface area (Å²) in [5, 5.41) is 9.75. The highest BCUT2D eigenvalue weighted by Gasteiger charge is 2.07. The monoisotopic (exact) mass is 211 g/mol. The minimum Gasteiger partial charge on any atom is -0.397 e. The lowest BCUT2D eigenvalue weighted by molar-refractivity contribution is 0.868. The van der Waals surface area contributed by atoms with Crippen LogP contribution in [0.5, 0.6) is 0 Å². The predicted molar refractivity (Wildman–Crippen MR) is 65.0 cm³/mol. The second-order valence-electron chi connectivity index (χ2n) is 4.13. The molecule has 2 aromatic rings. The van der Waals surface area contributed by atoms with Crippen molar-refractivity contribution in [2.45, 2.75) is 19.8 Å². The highest BCUT2D eigenvalue weighted by molar-refractivity contribution is 5.93. The van der Waals surface area contributed by atoms with Crippen molar-refractivity contribution in [3.8, 4) is 6.07 Å². The first-order valence-electron chi connectivity index (χ1n) is 5.21. The van der Waals surface area contributed by atoms with Crippen molar-refractivity contribution in [2.75, 3.05) is 5.73 Å². The number of aromatic nitrogens is 1. The molecule has 0 spiro atoms. The predicted octanol–water partition coefficient (Wildman–Crippen LogP) is 2.81. The molecule has 0 unspecified atom stereocenters. The SMILES string of the molecule is CC(C)c1ccc2ncc(C#N)c(N)c2c1. The molecule has 0 fully saturated rings. The molecule has 1 aromatic heterocycles. The van der Waals surface area contributed by atoms with Crippen LogP contribution in [-0.2, 0) is 0 Å². The summed E-state index contributed by atoms with van der Waals surface area (Å²) in [4.78, 5) is 4.21. The molecule has 3 heteroatoms. The molecule has 16 heavy (non-hydrogen) atoms. The van der Waals surface area contributed by atoms with E-state index in [9.17, 15) is 0 Å². The first kappa shape index (κ1) is 10.4. The van der Waals surface area contributed by atoms with Gasteiger partial charge in [0, 0.05) is 11.6 Å². The lowest BCUT2D eigenvalue weighted by Crippen LogP contribution is -1.96. The summed E-state index contributed by atoms with van der Waals surface area (Å²) in [6, 6.07) is 8.06. The van der Waals surface area contributed by atoms with E-state index in [0.29, 0.717) is 17.2 Å². The molecule has 1 heterocycles.